The van der Waals surface area contributed by atoms with Gasteiger partial charge in [-0.05, 0) is 36.5 Å². The average Bonchev–Trinajstić information content (AvgIpc) is 2.66. The number of rotatable bonds is 5. The molecule has 6 nitrogen and oxygen atoms in total. The van der Waals surface area contributed by atoms with Crippen LogP contribution in [0.3, 0.4) is 0 Å². The summed E-state index contributed by atoms with van der Waals surface area (Å²) in [6, 6.07) is 3.23. The van der Waals surface area contributed by atoms with E-state index in [-0.39, 0.29) is 34.1 Å². The first-order valence-electron chi connectivity index (χ1n) is 9.19. The second-order valence-electron chi connectivity index (χ2n) is 7.17. The Morgan fingerprint density at radius 2 is 2.04 bits per heavy atom. The number of amides is 1. The third-order valence-electron chi connectivity index (χ3n) is 5.26. The molecule has 0 radical (unpaired) electrons. The van der Waals surface area contributed by atoms with E-state index in [4.69, 9.17) is 0 Å². The van der Waals surface area contributed by atoms with Crippen LogP contribution >= 0.6 is 11.8 Å². The molecule has 0 aliphatic heterocycles. The maximum Gasteiger partial charge on any atom is 0.278 e. The van der Waals surface area contributed by atoms with E-state index in [2.05, 4.69) is 34.3 Å². The first-order valence-corrected chi connectivity index (χ1v) is 10.2. The number of nitrogens with zero attached hydrogens (tertiary/aromatic N) is 2. The fourth-order valence-electron chi connectivity index (χ4n) is 3.39. The van der Waals surface area contributed by atoms with Gasteiger partial charge in [-0.15, -0.1) is 10.2 Å². The Hall–Kier alpha value is -2.29. The number of aromatic nitrogens is 3. The van der Waals surface area contributed by atoms with Gasteiger partial charge < -0.3 is 5.32 Å². The van der Waals surface area contributed by atoms with E-state index >= 15 is 0 Å². The minimum Gasteiger partial charge on any atom is -0.352 e. The number of carbonyl (C=O) groups excluding carboxylic acids is 1. The van der Waals surface area contributed by atoms with Gasteiger partial charge in [0, 0.05) is 11.6 Å². The van der Waals surface area contributed by atoms with Gasteiger partial charge in [0.2, 0.25) is 5.91 Å². The molecule has 0 spiro atoms. The van der Waals surface area contributed by atoms with Crippen LogP contribution in [0.1, 0.15) is 33.1 Å². The smallest absolute Gasteiger partial charge is 0.278 e. The van der Waals surface area contributed by atoms with Gasteiger partial charge in [-0.25, -0.2) is 8.78 Å². The standard InChI is InChI=1S/C19H22F2N4O2S/c1-10-4-3-5-15(11(10)2)22-16(26)9-28-19-23-18(27)17(24-25-19)12-6-7-13(20)14(21)8-12/h6-8,10-11,15H,3-5,9H2,1-2H3,(H,22,26)(H,23,25,27). The van der Waals surface area contributed by atoms with Crippen LogP contribution in [0.5, 0.6) is 0 Å². The van der Waals surface area contributed by atoms with Crippen LogP contribution in [0, 0.1) is 23.5 Å². The van der Waals surface area contributed by atoms with Gasteiger partial charge in [0.1, 0.15) is 0 Å². The Labute approximate surface area is 165 Å². The molecule has 0 saturated heterocycles. The number of thioether (sulfide) groups is 1. The molecule has 1 amide bonds. The summed E-state index contributed by atoms with van der Waals surface area (Å²) in [5, 5.41) is 10.9. The van der Waals surface area contributed by atoms with Gasteiger partial charge in [0.15, 0.2) is 22.5 Å². The first kappa shape index (κ1) is 20.4. The third kappa shape index (κ3) is 4.76. The van der Waals surface area contributed by atoms with Crippen LogP contribution in [-0.4, -0.2) is 32.9 Å². The quantitative estimate of drug-likeness (QED) is 0.742. The van der Waals surface area contributed by atoms with E-state index in [0.29, 0.717) is 11.8 Å². The molecule has 1 saturated carbocycles. The van der Waals surface area contributed by atoms with Crippen LogP contribution in [0.2, 0.25) is 0 Å². The van der Waals surface area contributed by atoms with Gasteiger partial charge in [-0.3, -0.25) is 14.6 Å². The maximum atomic E-state index is 13.3. The van der Waals surface area contributed by atoms with Gasteiger partial charge >= 0.3 is 0 Å². The minimum atomic E-state index is -1.07. The van der Waals surface area contributed by atoms with Crippen LogP contribution < -0.4 is 10.9 Å². The summed E-state index contributed by atoms with van der Waals surface area (Å²) in [7, 11) is 0. The van der Waals surface area contributed by atoms with Crippen molar-refractivity contribution in [1.29, 1.82) is 0 Å². The van der Waals surface area contributed by atoms with Crippen molar-refractivity contribution in [3.8, 4) is 11.3 Å². The summed E-state index contributed by atoms with van der Waals surface area (Å²) in [6.07, 6.45) is 3.26. The van der Waals surface area contributed by atoms with E-state index in [9.17, 15) is 18.4 Å². The topological polar surface area (TPSA) is 87.7 Å². The van der Waals surface area contributed by atoms with E-state index in [0.717, 1.165) is 36.7 Å². The summed E-state index contributed by atoms with van der Waals surface area (Å²) in [5.74, 6) is -1.08. The normalized spacial score (nSPS) is 22.1. The number of hydrogen-bond donors (Lipinski definition) is 2. The van der Waals surface area contributed by atoms with Crippen molar-refractivity contribution in [1.82, 2.24) is 20.5 Å². The number of halogens is 2. The predicted octanol–water partition coefficient (Wildman–Crippen LogP) is 3.14. The highest BCUT2D eigenvalue weighted by Gasteiger charge is 2.28. The molecule has 1 aliphatic rings. The Morgan fingerprint density at radius 3 is 2.75 bits per heavy atom. The number of nitrogens with one attached hydrogen (secondary N) is 2. The Bertz CT molecular complexity index is 921. The average molecular weight is 408 g/mol. The molecule has 3 atom stereocenters. The first-order chi connectivity index (χ1) is 13.3. The number of H-pyrrole nitrogens is 1. The minimum absolute atomic E-state index is 0.104. The highest BCUT2D eigenvalue weighted by atomic mass is 32.2. The molecular weight excluding hydrogens is 386 g/mol. The molecular formula is C19H22F2N4O2S. The fraction of sp³-hybridized carbons (Fsp3) is 0.474. The molecule has 1 heterocycles. The molecule has 3 unspecified atom stereocenters. The molecule has 1 fully saturated rings. The molecule has 1 aliphatic carbocycles. The molecule has 3 rings (SSSR count). The monoisotopic (exact) mass is 408 g/mol. The lowest BCUT2D eigenvalue weighted by molar-refractivity contribution is -0.120. The molecule has 9 heteroatoms. The zero-order valence-electron chi connectivity index (χ0n) is 15.7. The summed E-state index contributed by atoms with van der Waals surface area (Å²) < 4.78 is 26.4. The van der Waals surface area contributed by atoms with Gasteiger partial charge in [0.05, 0.1) is 5.75 Å². The van der Waals surface area contributed by atoms with Crippen molar-refractivity contribution in [3.05, 3.63) is 40.2 Å². The number of benzene rings is 1. The van der Waals surface area contributed by atoms with Crippen molar-refractivity contribution in [2.45, 2.75) is 44.3 Å². The third-order valence-corrected chi connectivity index (χ3v) is 6.13. The number of carbonyl (C=O) groups is 1. The van der Waals surface area contributed by atoms with Gasteiger partial charge in [-0.2, -0.15) is 0 Å². The van der Waals surface area contributed by atoms with E-state index < -0.39 is 17.2 Å². The zero-order chi connectivity index (χ0) is 20.3. The predicted molar refractivity (Wildman–Crippen MR) is 103 cm³/mol. The van der Waals surface area contributed by atoms with Gasteiger partial charge in [0.25, 0.3) is 5.56 Å². The van der Waals surface area contributed by atoms with Crippen LogP contribution in [0.15, 0.2) is 28.2 Å². The van der Waals surface area contributed by atoms with E-state index in [1.807, 2.05) is 0 Å². The summed E-state index contributed by atoms with van der Waals surface area (Å²) in [5.41, 5.74) is -0.571. The Kier molecular flexibility index (Phi) is 6.43. The van der Waals surface area contributed by atoms with Crippen molar-refractivity contribution in [2.75, 3.05) is 5.75 Å². The largest absolute Gasteiger partial charge is 0.352 e. The van der Waals surface area contributed by atoms with Crippen molar-refractivity contribution in [2.24, 2.45) is 11.8 Å². The highest BCUT2D eigenvalue weighted by molar-refractivity contribution is 7.99. The molecule has 150 valence electrons. The fourth-order valence-corrected chi connectivity index (χ4v) is 4.00. The van der Waals surface area contributed by atoms with Crippen molar-refractivity contribution < 1.29 is 13.6 Å². The lowest BCUT2D eigenvalue weighted by atomic mass is 9.78. The van der Waals surface area contributed by atoms with Gasteiger partial charge in [-0.1, -0.05) is 38.5 Å². The van der Waals surface area contributed by atoms with Crippen LogP contribution in [0.25, 0.3) is 11.3 Å². The summed E-state index contributed by atoms with van der Waals surface area (Å²) >= 11 is 1.07. The van der Waals surface area contributed by atoms with Crippen LogP contribution in [0.4, 0.5) is 8.78 Å². The highest BCUT2D eigenvalue weighted by Crippen LogP contribution is 2.29. The number of hydrogen-bond acceptors (Lipinski definition) is 5. The number of aromatic amines is 1. The molecule has 2 N–H and O–H groups in total. The second kappa shape index (κ2) is 8.81. The van der Waals surface area contributed by atoms with E-state index in [1.165, 1.54) is 12.5 Å². The van der Waals surface area contributed by atoms with Crippen molar-refractivity contribution in [3.63, 3.8) is 0 Å². The summed E-state index contributed by atoms with van der Waals surface area (Å²) in [4.78, 5) is 26.9. The molecule has 2 aromatic rings. The zero-order valence-corrected chi connectivity index (χ0v) is 16.5. The molecule has 28 heavy (non-hydrogen) atoms. The summed E-state index contributed by atoms with van der Waals surface area (Å²) in [6.45, 7) is 4.36. The lowest BCUT2D eigenvalue weighted by Crippen LogP contribution is -2.44. The van der Waals surface area contributed by atoms with Crippen molar-refractivity contribution >= 4 is 17.7 Å². The molecule has 1 aromatic heterocycles. The second-order valence-corrected chi connectivity index (χ2v) is 8.13. The Morgan fingerprint density at radius 1 is 1.25 bits per heavy atom. The molecule has 1 aromatic carbocycles. The van der Waals surface area contributed by atoms with Crippen LogP contribution in [-0.2, 0) is 4.79 Å². The SMILES string of the molecule is CC1CCCC(NC(=O)CSc2nnc(-c3ccc(F)c(F)c3)c(=O)[nH]2)C1C. The van der Waals surface area contributed by atoms with E-state index in [1.54, 1.807) is 0 Å². The maximum absolute atomic E-state index is 13.3. The molecule has 0 bridgehead atoms. The lowest BCUT2D eigenvalue weighted by Gasteiger charge is -2.34. The Balaban J connectivity index is 1.61.